The third-order valence-electron chi connectivity index (χ3n) is 4.39. The number of rotatable bonds is 6. The van der Waals surface area contributed by atoms with Gasteiger partial charge in [0.05, 0.1) is 16.8 Å². The lowest BCUT2D eigenvalue weighted by Crippen LogP contribution is -2.27. The van der Waals surface area contributed by atoms with E-state index in [-0.39, 0.29) is 0 Å². The second kappa shape index (κ2) is 8.39. The Morgan fingerprint density at radius 1 is 1.18 bits per heavy atom. The summed E-state index contributed by atoms with van der Waals surface area (Å²) in [6.45, 7) is 6.18. The van der Waals surface area contributed by atoms with Crippen molar-refractivity contribution in [3.05, 3.63) is 58.4 Å². The van der Waals surface area contributed by atoms with Crippen LogP contribution in [-0.2, 0) is 4.79 Å². The highest BCUT2D eigenvalue weighted by Crippen LogP contribution is 2.27. The SMILES string of the molecule is CCOc1ccc2c(c1)s/c(=N\C(=O)c1ccc(C)cc1)n2C(CC)C(=O)O. The molecule has 2 aromatic carbocycles. The predicted octanol–water partition coefficient (Wildman–Crippen LogP) is 4.19. The molecule has 7 heteroatoms. The van der Waals surface area contributed by atoms with Crippen molar-refractivity contribution in [3.8, 4) is 5.75 Å². The minimum absolute atomic E-state index is 0.364. The fraction of sp³-hybridized carbons (Fsp3) is 0.286. The lowest BCUT2D eigenvalue weighted by molar-refractivity contribution is -0.140. The molecule has 0 saturated heterocycles. The van der Waals surface area contributed by atoms with Crippen LogP contribution in [0.15, 0.2) is 47.5 Å². The van der Waals surface area contributed by atoms with Gasteiger partial charge in [-0.2, -0.15) is 4.99 Å². The summed E-state index contributed by atoms with van der Waals surface area (Å²) in [5, 5.41) is 9.68. The van der Waals surface area contributed by atoms with Crippen LogP contribution >= 0.6 is 11.3 Å². The maximum Gasteiger partial charge on any atom is 0.326 e. The van der Waals surface area contributed by atoms with Gasteiger partial charge < -0.3 is 14.4 Å². The van der Waals surface area contributed by atoms with Crippen molar-refractivity contribution in [2.45, 2.75) is 33.2 Å². The van der Waals surface area contributed by atoms with Gasteiger partial charge in [-0.25, -0.2) is 4.79 Å². The van der Waals surface area contributed by atoms with Gasteiger partial charge in [0, 0.05) is 5.56 Å². The average molecular weight is 398 g/mol. The van der Waals surface area contributed by atoms with Gasteiger partial charge in [-0.3, -0.25) is 4.79 Å². The molecule has 3 aromatic rings. The van der Waals surface area contributed by atoms with Crippen molar-refractivity contribution >= 4 is 33.4 Å². The largest absolute Gasteiger partial charge is 0.494 e. The van der Waals surface area contributed by atoms with Crippen LogP contribution in [0.4, 0.5) is 0 Å². The smallest absolute Gasteiger partial charge is 0.326 e. The number of carboxylic acids is 1. The van der Waals surface area contributed by atoms with Crippen LogP contribution in [0, 0.1) is 6.92 Å². The predicted molar refractivity (Wildman–Crippen MR) is 109 cm³/mol. The molecule has 0 aliphatic heterocycles. The summed E-state index contributed by atoms with van der Waals surface area (Å²) in [6.07, 6.45) is 0.375. The highest BCUT2D eigenvalue weighted by molar-refractivity contribution is 7.16. The Morgan fingerprint density at radius 2 is 1.89 bits per heavy atom. The van der Waals surface area contributed by atoms with Crippen LogP contribution < -0.4 is 9.54 Å². The number of benzene rings is 2. The maximum absolute atomic E-state index is 12.7. The average Bonchev–Trinajstić information content (AvgIpc) is 3.00. The molecule has 146 valence electrons. The number of amides is 1. The molecule has 1 atom stereocenters. The fourth-order valence-corrected chi connectivity index (χ4v) is 4.07. The van der Waals surface area contributed by atoms with Gasteiger partial charge in [-0.05, 0) is 50.6 Å². The zero-order valence-electron chi connectivity index (χ0n) is 16.0. The number of aromatic nitrogens is 1. The Morgan fingerprint density at radius 3 is 2.50 bits per heavy atom. The lowest BCUT2D eigenvalue weighted by atomic mass is 10.1. The van der Waals surface area contributed by atoms with Crippen LogP contribution in [0.1, 0.15) is 42.2 Å². The molecule has 6 nitrogen and oxygen atoms in total. The second-order valence-corrected chi connectivity index (χ2v) is 7.37. The summed E-state index contributed by atoms with van der Waals surface area (Å²) in [5.74, 6) is -0.658. The van der Waals surface area contributed by atoms with E-state index in [2.05, 4.69) is 4.99 Å². The monoisotopic (exact) mass is 398 g/mol. The molecule has 0 aliphatic rings. The first-order valence-corrected chi connectivity index (χ1v) is 9.92. The Kier molecular flexibility index (Phi) is 5.94. The zero-order valence-corrected chi connectivity index (χ0v) is 16.8. The number of nitrogens with zero attached hydrogens (tertiary/aromatic N) is 2. The highest BCUT2D eigenvalue weighted by atomic mass is 32.1. The Bertz CT molecular complexity index is 1080. The maximum atomic E-state index is 12.7. The van der Waals surface area contributed by atoms with E-state index in [1.165, 1.54) is 11.3 Å². The van der Waals surface area contributed by atoms with Crippen LogP contribution in [0.3, 0.4) is 0 Å². The number of ether oxygens (including phenoxy) is 1. The van der Waals surface area contributed by atoms with E-state index in [1.54, 1.807) is 29.7 Å². The second-order valence-electron chi connectivity index (χ2n) is 6.36. The summed E-state index contributed by atoms with van der Waals surface area (Å²) in [6, 6.07) is 11.8. The third kappa shape index (κ3) is 3.99. The van der Waals surface area contributed by atoms with Crippen molar-refractivity contribution < 1.29 is 19.4 Å². The van der Waals surface area contributed by atoms with Gasteiger partial charge >= 0.3 is 5.97 Å². The molecule has 1 amide bonds. The molecular weight excluding hydrogens is 376 g/mol. The van der Waals surface area contributed by atoms with Crippen LogP contribution in [0.5, 0.6) is 5.75 Å². The molecule has 3 rings (SSSR count). The number of carboxylic acid groups (broad SMARTS) is 1. The summed E-state index contributed by atoms with van der Waals surface area (Å²) < 4.78 is 7.99. The minimum atomic E-state index is -0.958. The summed E-state index contributed by atoms with van der Waals surface area (Å²) in [4.78, 5) is 29.1. The van der Waals surface area contributed by atoms with E-state index in [1.807, 2.05) is 38.1 Å². The van der Waals surface area contributed by atoms with E-state index in [0.717, 1.165) is 15.8 Å². The number of hydrogen-bond donors (Lipinski definition) is 1. The van der Waals surface area contributed by atoms with Crippen molar-refractivity contribution in [1.29, 1.82) is 0 Å². The van der Waals surface area contributed by atoms with E-state index < -0.39 is 17.9 Å². The van der Waals surface area contributed by atoms with E-state index in [0.29, 0.717) is 29.1 Å². The van der Waals surface area contributed by atoms with E-state index in [4.69, 9.17) is 4.74 Å². The molecule has 28 heavy (non-hydrogen) atoms. The van der Waals surface area contributed by atoms with E-state index >= 15 is 0 Å². The first kappa shape index (κ1) is 19.8. The van der Waals surface area contributed by atoms with Crippen LogP contribution in [-0.4, -0.2) is 28.2 Å². The number of carbonyl (C=O) groups excluding carboxylic acids is 1. The molecule has 0 fully saturated rings. The quantitative estimate of drug-likeness (QED) is 0.675. The molecule has 1 N–H and O–H groups in total. The van der Waals surface area contributed by atoms with Crippen molar-refractivity contribution in [2.75, 3.05) is 6.61 Å². The molecule has 0 saturated carbocycles. The number of fused-ring (bicyclic) bond motifs is 1. The fourth-order valence-electron chi connectivity index (χ4n) is 2.98. The molecule has 0 aliphatic carbocycles. The van der Waals surface area contributed by atoms with Crippen molar-refractivity contribution in [2.24, 2.45) is 4.99 Å². The van der Waals surface area contributed by atoms with Crippen molar-refractivity contribution in [3.63, 3.8) is 0 Å². The van der Waals surface area contributed by atoms with Crippen LogP contribution in [0.2, 0.25) is 0 Å². The summed E-state index contributed by atoms with van der Waals surface area (Å²) >= 11 is 1.28. The standard InChI is InChI=1S/C21H22N2O4S/c1-4-16(20(25)26)23-17-11-10-15(27-5-2)12-18(17)28-21(23)22-19(24)14-8-6-13(3)7-9-14/h6-12,16H,4-5H2,1-3H3,(H,25,26)/b22-21-. The third-order valence-corrected chi connectivity index (χ3v) is 5.41. The minimum Gasteiger partial charge on any atom is -0.494 e. The first-order valence-electron chi connectivity index (χ1n) is 9.11. The lowest BCUT2D eigenvalue weighted by Gasteiger charge is -2.13. The number of aryl methyl sites for hydroxylation is 1. The van der Waals surface area contributed by atoms with E-state index in [9.17, 15) is 14.7 Å². The van der Waals surface area contributed by atoms with Crippen molar-refractivity contribution in [1.82, 2.24) is 4.57 Å². The molecule has 1 aromatic heterocycles. The molecule has 1 unspecified atom stereocenters. The molecule has 0 spiro atoms. The first-order chi connectivity index (χ1) is 13.4. The summed E-state index contributed by atoms with van der Waals surface area (Å²) in [5.41, 5.74) is 2.24. The molecule has 1 heterocycles. The normalized spacial score (nSPS) is 12.9. The zero-order chi connectivity index (χ0) is 20.3. The van der Waals surface area contributed by atoms with Gasteiger partial charge in [0.1, 0.15) is 11.8 Å². The topological polar surface area (TPSA) is 80.9 Å². The number of thiazole rings is 1. The number of aliphatic carboxylic acids is 1. The Labute approximate surface area is 166 Å². The highest BCUT2D eigenvalue weighted by Gasteiger charge is 2.22. The van der Waals surface area contributed by atoms with Gasteiger partial charge in [-0.15, -0.1) is 0 Å². The van der Waals surface area contributed by atoms with Gasteiger partial charge in [0.25, 0.3) is 5.91 Å². The van der Waals surface area contributed by atoms with Crippen LogP contribution in [0.25, 0.3) is 10.2 Å². The molecule has 0 radical (unpaired) electrons. The molecule has 0 bridgehead atoms. The van der Waals surface area contributed by atoms with Gasteiger partial charge in [-0.1, -0.05) is 36.0 Å². The van der Waals surface area contributed by atoms with Gasteiger partial charge in [0.15, 0.2) is 4.80 Å². The summed E-state index contributed by atoms with van der Waals surface area (Å²) in [7, 11) is 0. The Balaban J connectivity index is 2.19. The van der Waals surface area contributed by atoms with Gasteiger partial charge in [0.2, 0.25) is 0 Å². The Hall–Kier alpha value is -2.93. The number of carbonyl (C=O) groups is 2. The number of hydrogen-bond acceptors (Lipinski definition) is 4. The molecular formula is C21H22N2O4S.